The maximum atomic E-state index is 12.5. The molecular formula is C14H17NO4. The van der Waals surface area contributed by atoms with Crippen LogP contribution in [0.4, 0.5) is 0 Å². The molecule has 5 heteroatoms. The van der Waals surface area contributed by atoms with Crippen LogP contribution in [-0.4, -0.2) is 48.3 Å². The molecule has 0 bridgehead atoms. The summed E-state index contributed by atoms with van der Waals surface area (Å²) in [6, 6.07) is 5.34. The number of hydrogen-bond acceptors (Lipinski definition) is 4. The fourth-order valence-electron chi connectivity index (χ4n) is 2.55. The molecule has 102 valence electrons. The first-order chi connectivity index (χ1) is 9.25. The standard InChI is InChI=1S/C14H17NO4/c16-10-3-2-6-15(9-10)14(17)11-4-1-5-12-13(11)19-8-7-18-12/h1,4-5,10,16H,2-3,6-9H2. The number of amides is 1. The summed E-state index contributed by atoms with van der Waals surface area (Å²) in [7, 11) is 0. The van der Waals surface area contributed by atoms with Crippen molar-refractivity contribution in [3.05, 3.63) is 23.8 Å². The predicted octanol–water partition coefficient (Wildman–Crippen LogP) is 1.05. The monoisotopic (exact) mass is 263 g/mol. The number of rotatable bonds is 1. The zero-order valence-corrected chi connectivity index (χ0v) is 10.7. The van der Waals surface area contributed by atoms with E-state index in [9.17, 15) is 9.90 Å². The molecule has 1 saturated heterocycles. The quantitative estimate of drug-likeness (QED) is 0.823. The Bertz CT molecular complexity index is 488. The molecular weight excluding hydrogens is 246 g/mol. The van der Waals surface area contributed by atoms with Crippen LogP contribution in [0.25, 0.3) is 0 Å². The van der Waals surface area contributed by atoms with E-state index in [2.05, 4.69) is 0 Å². The van der Waals surface area contributed by atoms with E-state index in [4.69, 9.17) is 9.47 Å². The Labute approximate surface area is 111 Å². The molecule has 1 atom stereocenters. The highest BCUT2D eigenvalue weighted by Crippen LogP contribution is 2.34. The van der Waals surface area contributed by atoms with E-state index < -0.39 is 6.10 Å². The number of likely N-dealkylation sites (tertiary alicyclic amines) is 1. The van der Waals surface area contributed by atoms with Crippen molar-refractivity contribution in [3.63, 3.8) is 0 Å². The largest absolute Gasteiger partial charge is 0.486 e. The van der Waals surface area contributed by atoms with Gasteiger partial charge >= 0.3 is 0 Å². The van der Waals surface area contributed by atoms with E-state index >= 15 is 0 Å². The number of carbonyl (C=O) groups is 1. The first-order valence-electron chi connectivity index (χ1n) is 6.61. The first kappa shape index (κ1) is 12.3. The van der Waals surface area contributed by atoms with Crippen molar-refractivity contribution in [2.75, 3.05) is 26.3 Å². The Balaban J connectivity index is 1.87. The molecule has 0 aliphatic carbocycles. The average molecular weight is 263 g/mol. The zero-order chi connectivity index (χ0) is 13.2. The van der Waals surface area contributed by atoms with E-state index in [1.165, 1.54) is 0 Å². The number of benzene rings is 1. The predicted molar refractivity (Wildman–Crippen MR) is 68.6 cm³/mol. The van der Waals surface area contributed by atoms with Crippen LogP contribution in [-0.2, 0) is 0 Å². The van der Waals surface area contributed by atoms with Gasteiger partial charge in [-0.1, -0.05) is 6.07 Å². The normalized spacial score (nSPS) is 22.2. The second-order valence-electron chi connectivity index (χ2n) is 4.88. The van der Waals surface area contributed by atoms with Gasteiger partial charge in [0.25, 0.3) is 5.91 Å². The smallest absolute Gasteiger partial charge is 0.257 e. The van der Waals surface area contributed by atoms with Crippen LogP contribution in [0.1, 0.15) is 23.2 Å². The third-order valence-electron chi connectivity index (χ3n) is 3.48. The number of carbonyl (C=O) groups excluding carboxylic acids is 1. The number of nitrogens with zero attached hydrogens (tertiary/aromatic N) is 1. The number of hydrogen-bond donors (Lipinski definition) is 1. The molecule has 1 aromatic carbocycles. The second-order valence-corrected chi connectivity index (χ2v) is 4.88. The van der Waals surface area contributed by atoms with E-state index in [0.717, 1.165) is 12.8 Å². The third kappa shape index (κ3) is 2.38. The lowest BCUT2D eigenvalue weighted by Crippen LogP contribution is -2.42. The molecule has 5 nitrogen and oxygen atoms in total. The summed E-state index contributed by atoms with van der Waals surface area (Å²) in [4.78, 5) is 14.2. The van der Waals surface area contributed by atoms with Crippen molar-refractivity contribution in [1.82, 2.24) is 4.90 Å². The summed E-state index contributed by atoms with van der Waals surface area (Å²) < 4.78 is 11.0. The van der Waals surface area contributed by atoms with Gasteiger partial charge in [0.1, 0.15) is 13.2 Å². The molecule has 1 N–H and O–H groups in total. The lowest BCUT2D eigenvalue weighted by atomic mass is 10.1. The summed E-state index contributed by atoms with van der Waals surface area (Å²) in [5.41, 5.74) is 0.520. The molecule has 0 spiro atoms. The van der Waals surface area contributed by atoms with Crippen LogP contribution < -0.4 is 9.47 Å². The second kappa shape index (κ2) is 5.09. The molecule has 0 saturated carbocycles. The van der Waals surface area contributed by atoms with Crippen LogP contribution >= 0.6 is 0 Å². The van der Waals surface area contributed by atoms with Gasteiger partial charge in [0.15, 0.2) is 11.5 Å². The van der Waals surface area contributed by atoms with Gasteiger partial charge in [0.2, 0.25) is 0 Å². The van der Waals surface area contributed by atoms with Gasteiger partial charge in [-0.2, -0.15) is 0 Å². The number of fused-ring (bicyclic) bond motifs is 1. The molecule has 19 heavy (non-hydrogen) atoms. The number of piperidine rings is 1. The number of β-amino-alcohol motifs (C(OH)–C–C–N with tert-alkyl or cyclic N) is 1. The molecule has 3 rings (SSSR count). The Hall–Kier alpha value is -1.75. The molecule has 1 fully saturated rings. The van der Waals surface area contributed by atoms with Crippen molar-refractivity contribution in [3.8, 4) is 11.5 Å². The van der Waals surface area contributed by atoms with Crippen LogP contribution in [0.5, 0.6) is 11.5 Å². The van der Waals surface area contributed by atoms with Crippen molar-refractivity contribution in [1.29, 1.82) is 0 Å². The highest BCUT2D eigenvalue weighted by molar-refractivity contribution is 5.98. The van der Waals surface area contributed by atoms with E-state index in [1.54, 1.807) is 23.1 Å². The fourth-order valence-corrected chi connectivity index (χ4v) is 2.55. The Morgan fingerprint density at radius 3 is 3.00 bits per heavy atom. The van der Waals surface area contributed by atoms with Gasteiger partial charge in [0.05, 0.1) is 11.7 Å². The van der Waals surface area contributed by atoms with Crippen LogP contribution in [0, 0.1) is 0 Å². The summed E-state index contributed by atoms with van der Waals surface area (Å²) >= 11 is 0. The average Bonchev–Trinajstić information content (AvgIpc) is 2.46. The minimum Gasteiger partial charge on any atom is -0.486 e. The number of ether oxygens (including phenoxy) is 2. The first-order valence-corrected chi connectivity index (χ1v) is 6.61. The minimum absolute atomic E-state index is 0.0962. The van der Waals surface area contributed by atoms with Crippen LogP contribution in [0.2, 0.25) is 0 Å². The van der Waals surface area contributed by atoms with Crippen LogP contribution in [0.3, 0.4) is 0 Å². The molecule has 0 radical (unpaired) electrons. The minimum atomic E-state index is -0.422. The van der Waals surface area contributed by atoms with Gasteiger partial charge in [-0.05, 0) is 25.0 Å². The lowest BCUT2D eigenvalue weighted by Gasteiger charge is -2.31. The highest BCUT2D eigenvalue weighted by atomic mass is 16.6. The van der Waals surface area contributed by atoms with Crippen molar-refractivity contribution >= 4 is 5.91 Å². The summed E-state index contributed by atoms with van der Waals surface area (Å²) in [5.74, 6) is 1.05. The topological polar surface area (TPSA) is 59.0 Å². The molecule has 1 unspecified atom stereocenters. The fraction of sp³-hybridized carbons (Fsp3) is 0.500. The van der Waals surface area contributed by atoms with Gasteiger partial charge in [0, 0.05) is 13.1 Å². The van der Waals surface area contributed by atoms with Gasteiger partial charge in [-0.3, -0.25) is 4.79 Å². The zero-order valence-electron chi connectivity index (χ0n) is 10.7. The number of aliphatic hydroxyl groups excluding tert-OH is 1. The number of para-hydroxylation sites is 1. The van der Waals surface area contributed by atoms with Gasteiger partial charge in [-0.15, -0.1) is 0 Å². The molecule has 2 aliphatic heterocycles. The molecule has 1 amide bonds. The molecule has 2 aliphatic rings. The SMILES string of the molecule is O=C(c1cccc2c1OCCO2)N1CCCC(O)C1. The summed E-state index contributed by atoms with van der Waals surface area (Å²) in [5, 5.41) is 9.66. The van der Waals surface area contributed by atoms with Gasteiger partial charge < -0.3 is 19.5 Å². The third-order valence-corrected chi connectivity index (χ3v) is 3.48. The number of aliphatic hydroxyl groups is 1. The summed E-state index contributed by atoms with van der Waals surface area (Å²) in [6.07, 6.45) is 1.17. The van der Waals surface area contributed by atoms with E-state index in [0.29, 0.717) is 43.4 Å². The summed E-state index contributed by atoms with van der Waals surface area (Å²) in [6.45, 7) is 2.04. The van der Waals surface area contributed by atoms with E-state index in [1.807, 2.05) is 0 Å². The van der Waals surface area contributed by atoms with Crippen molar-refractivity contribution in [2.45, 2.75) is 18.9 Å². The molecule has 1 aromatic rings. The molecule has 2 heterocycles. The Kier molecular flexibility index (Phi) is 3.29. The maximum Gasteiger partial charge on any atom is 0.257 e. The van der Waals surface area contributed by atoms with E-state index in [-0.39, 0.29) is 5.91 Å². The Morgan fingerprint density at radius 2 is 2.16 bits per heavy atom. The highest BCUT2D eigenvalue weighted by Gasteiger charge is 2.27. The maximum absolute atomic E-state index is 12.5. The van der Waals surface area contributed by atoms with Crippen molar-refractivity contribution < 1.29 is 19.4 Å². The Morgan fingerprint density at radius 1 is 1.32 bits per heavy atom. The molecule has 0 aromatic heterocycles. The lowest BCUT2D eigenvalue weighted by molar-refractivity contribution is 0.0467. The van der Waals surface area contributed by atoms with Crippen molar-refractivity contribution in [2.24, 2.45) is 0 Å². The van der Waals surface area contributed by atoms with Gasteiger partial charge in [-0.25, -0.2) is 0 Å². The van der Waals surface area contributed by atoms with Crippen LogP contribution in [0.15, 0.2) is 18.2 Å².